The maximum absolute atomic E-state index is 5.20. The van der Waals surface area contributed by atoms with Crippen LogP contribution in [0.2, 0.25) is 0 Å². The number of aliphatic imine (C=N–C) groups is 1. The first-order valence-corrected chi connectivity index (χ1v) is 8.83. The van der Waals surface area contributed by atoms with E-state index in [2.05, 4.69) is 49.4 Å². The lowest BCUT2D eigenvalue weighted by Gasteiger charge is -2.22. The van der Waals surface area contributed by atoms with Crippen LogP contribution < -0.4 is 10.1 Å². The third-order valence-corrected chi connectivity index (χ3v) is 4.28. The zero-order valence-corrected chi connectivity index (χ0v) is 18.7. The number of H-pyrrole nitrogens is 1. The van der Waals surface area contributed by atoms with Crippen molar-refractivity contribution in [3.05, 3.63) is 72.2 Å². The van der Waals surface area contributed by atoms with Crippen molar-refractivity contribution in [1.29, 1.82) is 0 Å². The van der Waals surface area contributed by atoms with Crippen molar-refractivity contribution >= 4 is 29.9 Å². The molecule has 0 fully saturated rings. The number of benzene rings is 2. The average Bonchev–Trinajstić information content (AvgIpc) is 3.19. The second-order valence-electron chi connectivity index (χ2n) is 6.21. The number of nitrogens with zero attached hydrogens (tertiary/aromatic N) is 3. The van der Waals surface area contributed by atoms with Gasteiger partial charge in [0.1, 0.15) is 11.6 Å². The fraction of sp³-hybridized carbons (Fsp3) is 0.238. The van der Waals surface area contributed by atoms with E-state index in [9.17, 15) is 0 Å². The molecule has 0 aliphatic rings. The van der Waals surface area contributed by atoms with E-state index in [4.69, 9.17) is 4.74 Å². The summed E-state index contributed by atoms with van der Waals surface area (Å²) in [4.78, 5) is 14.2. The van der Waals surface area contributed by atoms with Crippen LogP contribution in [-0.2, 0) is 13.1 Å². The summed E-state index contributed by atoms with van der Waals surface area (Å²) < 4.78 is 5.20. The van der Waals surface area contributed by atoms with Gasteiger partial charge in [0.25, 0.3) is 0 Å². The minimum atomic E-state index is 0. The lowest BCUT2D eigenvalue weighted by Crippen LogP contribution is -2.38. The van der Waals surface area contributed by atoms with Gasteiger partial charge in [-0.2, -0.15) is 0 Å². The summed E-state index contributed by atoms with van der Waals surface area (Å²) in [5.41, 5.74) is 3.32. The number of methoxy groups -OCH3 is 1. The number of imidazole rings is 1. The molecule has 2 N–H and O–H groups in total. The Kier molecular flexibility index (Phi) is 8.31. The van der Waals surface area contributed by atoms with Crippen LogP contribution in [0.1, 0.15) is 11.4 Å². The molecule has 0 bridgehead atoms. The molecule has 0 amide bonds. The number of aromatic nitrogens is 2. The highest BCUT2D eigenvalue weighted by molar-refractivity contribution is 14.0. The molecule has 0 radical (unpaired) electrons. The normalized spacial score (nSPS) is 10.9. The molecule has 3 rings (SSSR count). The number of ether oxygens (including phenoxy) is 1. The van der Waals surface area contributed by atoms with E-state index in [-0.39, 0.29) is 24.0 Å². The molecule has 1 heterocycles. The number of halogens is 1. The predicted molar refractivity (Wildman–Crippen MR) is 124 cm³/mol. The molecular weight excluding hydrogens is 465 g/mol. The summed E-state index contributed by atoms with van der Waals surface area (Å²) in [5.74, 6) is 2.53. The van der Waals surface area contributed by atoms with Crippen molar-refractivity contribution in [1.82, 2.24) is 20.2 Å². The van der Waals surface area contributed by atoms with Crippen molar-refractivity contribution in [2.75, 3.05) is 21.2 Å². The van der Waals surface area contributed by atoms with E-state index >= 15 is 0 Å². The van der Waals surface area contributed by atoms with Crippen LogP contribution in [0, 0.1) is 0 Å². The molecule has 28 heavy (non-hydrogen) atoms. The smallest absolute Gasteiger partial charge is 0.194 e. The molecule has 0 atom stereocenters. The van der Waals surface area contributed by atoms with Crippen molar-refractivity contribution in [2.24, 2.45) is 4.99 Å². The molecule has 1 aromatic heterocycles. The Hall–Kier alpha value is -2.55. The van der Waals surface area contributed by atoms with Crippen LogP contribution >= 0.6 is 24.0 Å². The quantitative estimate of drug-likeness (QED) is 0.312. The minimum Gasteiger partial charge on any atom is -0.497 e. The van der Waals surface area contributed by atoms with Crippen molar-refractivity contribution in [3.8, 4) is 17.0 Å². The van der Waals surface area contributed by atoms with Gasteiger partial charge in [0.15, 0.2) is 5.96 Å². The zero-order chi connectivity index (χ0) is 19.1. The molecule has 3 aromatic rings. The van der Waals surface area contributed by atoms with Crippen LogP contribution in [-0.4, -0.2) is 42.0 Å². The van der Waals surface area contributed by atoms with Crippen LogP contribution in [0.25, 0.3) is 11.3 Å². The van der Waals surface area contributed by atoms with E-state index in [1.807, 2.05) is 43.6 Å². The van der Waals surface area contributed by atoms with Crippen LogP contribution in [0.3, 0.4) is 0 Å². The van der Waals surface area contributed by atoms with Crippen molar-refractivity contribution < 1.29 is 4.74 Å². The van der Waals surface area contributed by atoms with Gasteiger partial charge in [0, 0.05) is 20.6 Å². The summed E-state index contributed by atoms with van der Waals surface area (Å²) in [7, 11) is 5.46. The SMILES string of the molecule is CN=C(NCc1ncc(-c2ccccc2)[nH]1)N(C)Cc1ccc(OC)cc1.I. The van der Waals surface area contributed by atoms with Gasteiger partial charge in [0.05, 0.1) is 25.5 Å². The Balaban J connectivity index is 0.00000280. The molecule has 0 unspecified atom stereocenters. The maximum Gasteiger partial charge on any atom is 0.194 e. The van der Waals surface area contributed by atoms with Gasteiger partial charge in [-0.1, -0.05) is 42.5 Å². The van der Waals surface area contributed by atoms with Gasteiger partial charge in [-0.25, -0.2) is 4.98 Å². The molecule has 0 saturated carbocycles. The first-order chi connectivity index (χ1) is 13.2. The molecular formula is C21H26IN5O. The Morgan fingerprint density at radius 3 is 2.50 bits per heavy atom. The average molecular weight is 491 g/mol. The largest absolute Gasteiger partial charge is 0.497 e. The van der Waals surface area contributed by atoms with E-state index in [0.29, 0.717) is 6.54 Å². The van der Waals surface area contributed by atoms with Crippen LogP contribution in [0.4, 0.5) is 0 Å². The number of hydrogen-bond donors (Lipinski definition) is 2. The molecule has 0 spiro atoms. The van der Waals surface area contributed by atoms with Gasteiger partial charge in [0.2, 0.25) is 0 Å². The first kappa shape index (κ1) is 21.7. The Labute approximate surface area is 183 Å². The Morgan fingerprint density at radius 2 is 1.86 bits per heavy atom. The summed E-state index contributed by atoms with van der Waals surface area (Å²) in [6.07, 6.45) is 1.86. The van der Waals surface area contributed by atoms with Crippen molar-refractivity contribution in [3.63, 3.8) is 0 Å². The van der Waals surface area contributed by atoms with Crippen molar-refractivity contribution in [2.45, 2.75) is 13.1 Å². The van der Waals surface area contributed by atoms with E-state index in [1.54, 1.807) is 14.2 Å². The van der Waals surface area contributed by atoms with Gasteiger partial charge in [-0.15, -0.1) is 24.0 Å². The molecule has 6 nitrogen and oxygen atoms in total. The van der Waals surface area contributed by atoms with Gasteiger partial charge in [-0.05, 0) is 23.3 Å². The van der Waals surface area contributed by atoms with E-state index in [0.717, 1.165) is 35.3 Å². The highest BCUT2D eigenvalue weighted by Gasteiger charge is 2.09. The Bertz CT molecular complexity index is 877. The standard InChI is InChI=1S/C21H25N5O.HI/c1-22-21(26(2)15-16-9-11-18(27-3)12-10-16)24-14-20-23-13-19(25-20)17-7-5-4-6-8-17;/h4-13H,14-15H2,1-3H3,(H,22,24)(H,23,25);1H. The molecule has 7 heteroatoms. The summed E-state index contributed by atoms with van der Waals surface area (Å²) in [5, 5.41) is 3.35. The molecule has 0 aliphatic carbocycles. The predicted octanol–water partition coefficient (Wildman–Crippen LogP) is 3.91. The van der Waals surface area contributed by atoms with Gasteiger partial charge < -0.3 is 19.9 Å². The lowest BCUT2D eigenvalue weighted by atomic mass is 10.2. The topological polar surface area (TPSA) is 65.5 Å². The Morgan fingerprint density at radius 1 is 1.14 bits per heavy atom. The summed E-state index contributed by atoms with van der Waals surface area (Å²) in [6, 6.07) is 18.2. The van der Waals surface area contributed by atoms with Gasteiger partial charge >= 0.3 is 0 Å². The number of hydrogen-bond acceptors (Lipinski definition) is 3. The number of guanidine groups is 1. The highest BCUT2D eigenvalue weighted by Crippen LogP contribution is 2.16. The zero-order valence-electron chi connectivity index (χ0n) is 16.3. The summed E-state index contributed by atoms with van der Waals surface area (Å²) >= 11 is 0. The third-order valence-electron chi connectivity index (χ3n) is 4.28. The maximum atomic E-state index is 5.20. The number of nitrogens with one attached hydrogen (secondary N) is 2. The minimum absolute atomic E-state index is 0. The lowest BCUT2D eigenvalue weighted by molar-refractivity contribution is 0.414. The monoisotopic (exact) mass is 491 g/mol. The van der Waals surface area contributed by atoms with E-state index in [1.165, 1.54) is 5.56 Å². The molecule has 148 valence electrons. The fourth-order valence-corrected chi connectivity index (χ4v) is 2.84. The first-order valence-electron chi connectivity index (χ1n) is 8.83. The molecule has 2 aromatic carbocycles. The van der Waals surface area contributed by atoms with Crippen LogP contribution in [0.15, 0.2) is 65.8 Å². The molecule has 0 saturated heterocycles. The fourth-order valence-electron chi connectivity index (χ4n) is 2.84. The second kappa shape index (κ2) is 10.7. The summed E-state index contributed by atoms with van der Waals surface area (Å²) in [6.45, 7) is 1.32. The van der Waals surface area contributed by atoms with E-state index < -0.39 is 0 Å². The molecule has 0 aliphatic heterocycles. The highest BCUT2D eigenvalue weighted by atomic mass is 127. The number of aromatic amines is 1. The second-order valence-corrected chi connectivity index (χ2v) is 6.21. The van der Waals surface area contributed by atoms with Gasteiger partial charge in [-0.3, -0.25) is 4.99 Å². The van der Waals surface area contributed by atoms with Crippen LogP contribution in [0.5, 0.6) is 5.75 Å². The third kappa shape index (κ3) is 5.72. The number of rotatable bonds is 6.